The Morgan fingerprint density at radius 3 is 2.68 bits per heavy atom. The number of aliphatic carboxylic acids is 1. The van der Waals surface area contributed by atoms with Gasteiger partial charge in [0.2, 0.25) is 0 Å². The molecular formula is C14H22N2O3. The Labute approximate surface area is 113 Å². The Morgan fingerprint density at radius 2 is 2.11 bits per heavy atom. The fourth-order valence-corrected chi connectivity index (χ4v) is 4.08. The number of hydrogen-bond donors (Lipinski definition) is 2. The fourth-order valence-electron chi connectivity index (χ4n) is 4.08. The van der Waals surface area contributed by atoms with E-state index in [9.17, 15) is 14.7 Å². The summed E-state index contributed by atoms with van der Waals surface area (Å²) in [5, 5.41) is 12.5. The second-order valence-corrected chi connectivity index (χ2v) is 6.65. The maximum absolute atomic E-state index is 12.2. The summed E-state index contributed by atoms with van der Waals surface area (Å²) in [6, 6.07) is 0.232. The molecule has 0 unspecified atom stereocenters. The smallest absolute Gasteiger partial charge is 0.317 e. The van der Waals surface area contributed by atoms with Gasteiger partial charge < -0.3 is 15.3 Å². The number of likely N-dealkylation sites (tertiary alicyclic amines) is 1. The summed E-state index contributed by atoms with van der Waals surface area (Å²) in [6.45, 7) is 3.18. The van der Waals surface area contributed by atoms with E-state index < -0.39 is 11.4 Å². The highest BCUT2D eigenvalue weighted by Crippen LogP contribution is 2.48. The number of nitrogens with one attached hydrogen (secondary N) is 1. The molecule has 2 atom stereocenters. The number of carboxylic acids is 1. The van der Waals surface area contributed by atoms with Crippen LogP contribution in [0.1, 0.15) is 39.0 Å². The molecule has 3 rings (SSSR count). The number of fused-ring (bicyclic) bond motifs is 1. The maximum Gasteiger partial charge on any atom is 0.317 e. The lowest BCUT2D eigenvalue weighted by atomic mass is 9.81. The first-order valence-corrected chi connectivity index (χ1v) is 7.30. The van der Waals surface area contributed by atoms with Gasteiger partial charge in [-0.15, -0.1) is 0 Å². The van der Waals surface area contributed by atoms with Crippen LogP contribution in [0.15, 0.2) is 0 Å². The van der Waals surface area contributed by atoms with E-state index in [0.717, 1.165) is 32.1 Å². The van der Waals surface area contributed by atoms with Gasteiger partial charge in [-0.3, -0.25) is 4.79 Å². The van der Waals surface area contributed by atoms with Gasteiger partial charge >= 0.3 is 12.0 Å². The molecule has 1 saturated heterocycles. The molecule has 3 fully saturated rings. The predicted octanol–water partition coefficient (Wildman–Crippen LogP) is 1.68. The van der Waals surface area contributed by atoms with Crippen molar-refractivity contribution in [1.82, 2.24) is 10.2 Å². The SMILES string of the molecule is CC1CC(NC(=O)N2C[C@@H]3CCC[C@@]3(C(=O)O)C2)C1. The molecule has 0 aromatic rings. The summed E-state index contributed by atoms with van der Waals surface area (Å²) in [4.78, 5) is 25.4. The van der Waals surface area contributed by atoms with Crippen LogP contribution in [0.5, 0.6) is 0 Å². The second kappa shape index (κ2) is 4.39. The van der Waals surface area contributed by atoms with Crippen molar-refractivity contribution < 1.29 is 14.7 Å². The lowest BCUT2D eigenvalue weighted by molar-refractivity contribution is -0.149. The van der Waals surface area contributed by atoms with Gasteiger partial charge in [0.05, 0.1) is 5.41 Å². The van der Waals surface area contributed by atoms with Crippen molar-refractivity contribution in [2.45, 2.75) is 45.1 Å². The molecular weight excluding hydrogens is 244 g/mol. The highest BCUT2D eigenvalue weighted by atomic mass is 16.4. The molecule has 1 aliphatic heterocycles. The standard InChI is InChI=1S/C14H22N2O3/c1-9-5-11(6-9)15-13(19)16-7-10-3-2-4-14(10,8-16)12(17)18/h9-11H,2-8H2,1H3,(H,15,19)(H,17,18)/t9?,10-,11?,14+/m0/s1. The molecule has 2 saturated carbocycles. The number of carbonyl (C=O) groups is 2. The van der Waals surface area contributed by atoms with Gasteiger partial charge in [-0.05, 0) is 37.5 Å². The largest absolute Gasteiger partial charge is 0.481 e. The van der Waals surface area contributed by atoms with E-state index in [1.165, 1.54) is 0 Å². The molecule has 0 aromatic heterocycles. The van der Waals surface area contributed by atoms with Crippen molar-refractivity contribution in [3.63, 3.8) is 0 Å². The molecule has 0 radical (unpaired) electrons. The molecule has 5 nitrogen and oxygen atoms in total. The van der Waals surface area contributed by atoms with Crippen molar-refractivity contribution in [3.05, 3.63) is 0 Å². The van der Waals surface area contributed by atoms with Crippen LogP contribution >= 0.6 is 0 Å². The van der Waals surface area contributed by atoms with E-state index in [-0.39, 0.29) is 11.9 Å². The van der Waals surface area contributed by atoms with E-state index in [4.69, 9.17) is 0 Å². The van der Waals surface area contributed by atoms with Crippen LogP contribution in [-0.2, 0) is 4.79 Å². The van der Waals surface area contributed by atoms with Crippen LogP contribution < -0.4 is 5.32 Å². The lowest BCUT2D eigenvalue weighted by Crippen LogP contribution is -2.49. The molecule has 1 heterocycles. The normalized spacial score (nSPS) is 40.7. The van der Waals surface area contributed by atoms with Gasteiger partial charge in [-0.25, -0.2) is 4.79 Å². The van der Waals surface area contributed by atoms with E-state index in [0.29, 0.717) is 25.0 Å². The number of amides is 2. The number of carbonyl (C=O) groups excluding carboxylic acids is 1. The topological polar surface area (TPSA) is 69.6 Å². The monoisotopic (exact) mass is 266 g/mol. The summed E-state index contributed by atoms with van der Waals surface area (Å²) < 4.78 is 0. The quantitative estimate of drug-likeness (QED) is 0.799. The highest BCUT2D eigenvalue weighted by molar-refractivity contribution is 5.80. The summed E-state index contributed by atoms with van der Waals surface area (Å²) >= 11 is 0. The molecule has 2 amide bonds. The Balaban J connectivity index is 1.62. The number of hydrogen-bond acceptors (Lipinski definition) is 2. The van der Waals surface area contributed by atoms with Gasteiger partial charge in [-0.1, -0.05) is 13.3 Å². The Morgan fingerprint density at radius 1 is 1.37 bits per heavy atom. The zero-order chi connectivity index (χ0) is 13.6. The van der Waals surface area contributed by atoms with Crippen molar-refractivity contribution in [2.24, 2.45) is 17.3 Å². The van der Waals surface area contributed by atoms with Crippen LogP contribution in [-0.4, -0.2) is 41.1 Å². The molecule has 0 spiro atoms. The van der Waals surface area contributed by atoms with Gasteiger partial charge in [0.1, 0.15) is 0 Å². The first kappa shape index (κ1) is 12.8. The van der Waals surface area contributed by atoms with Gasteiger partial charge in [-0.2, -0.15) is 0 Å². The number of nitrogens with zero attached hydrogens (tertiary/aromatic N) is 1. The van der Waals surface area contributed by atoms with E-state index >= 15 is 0 Å². The van der Waals surface area contributed by atoms with Gasteiger partial charge in [0.15, 0.2) is 0 Å². The number of rotatable bonds is 2. The first-order chi connectivity index (χ1) is 9.01. The molecule has 2 N–H and O–H groups in total. The highest BCUT2D eigenvalue weighted by Gasteiger charge is 2.55. The summed E-state index contributed by atoms with van der Waals surface area (Å²) in [5.74, 6) is 0.132. The molecule has 0 bridgehead atoms. The molecule has 5 heteroatoms. The summed E-state index contributed by atoms with van der Waals surface area (Å²) in [7, 11) is 0. The van der Waals surface area contributed by atoms with Crippen molar-refractivity contribution in [1.29, 1.82) is 0 Å². The Kier molecular flexibility index (Phi) is 2.95. The second-order valence-electron chi connectivity index (χ2n) is 6.65. The zero-order valence-corrected chi connectivity index (χ0v) is 11.4. The number of carboxylic acid groups (broad SMARTS) is 1. The van der Waals surface area contributed by atoms with E-state index in [1.807, 2.05) is 0 Å². The maximum atomic E-state index is 12.2. The molecule has 2 aliphatic carbocycles. The minimum absolute atomic E-state index is 0.0630. The van der Waals surface area contributed by atoms with Crippen molar-refractivity contribution >= 4 is 12.0 Å². The van der Waals surface area contributed by atoms with Gasteiger partial charge in [0, 0.05) is 19.1 Å². The Bertz CT molecular complexity index is 405. The molecule has 106 valence electrons. The average Bonchev–Trinajstić information content (AvgIpc) is 2.83. The third-order valence-corrected chi connectivity index (χ3v) is 5.29. The van der Waals surface area contributed by atoms with Crippen LogP contribution in [0.2, 0.25) is 0 Å². The van der Waals surface area contributed by atoms with Crippen molar-refractivity contribution in [2.75, 3.05) is 13.1 Å². The van der Waals surface area contributed by atoms with Crippen LogP contribution in [0.4, 0.5) is 4.79 Å². The fraction of sp³-hybridized carbons (Fsp3) is 0.857. The first-order valence-electron chi connectivity index (χ1n) is 7.30. The van der Waals surface area contributed by atoms with Crippen molar-refractivity contribution in [3.8, 4) is 0 Å². The summed E-state index contributed by atoms with van der Waals surface area (Å²) in [5.41, 5.74) is -0.662. The predicted molar refractivity (Wildman–Crippen MR) is 69.7 cm³/mol. The van der Waals surface area contributed by atoms with Crippen LogP contribution in [0.25, 0.3) is 0 Å². The number of urea groups is 1. The minimum atomic E-state index is -0.720. The minimum Gasteiger partial charge on any atom is -0.481 e. The molecule has 3 aliphatic rings. The molecule has 19 heavy (non-hydrogen) atoms. The Hall–Kier alpha value is -1.26. The zero-order valence-electron chi connectivity index (χ0n) is 11.4. The van der Waals surface area contributed by atoms with Crippen LogP contribution in [0.3, 0.4) is 0 Å². The van der Waals surface area contributed by atoms with E-state index in [2.05, 4.69) is 12.2 Å². The summed E-state index contributed by atoms with van der Waals surface area (Å²) in [6.07, 6.45) is 4.74. The average molecular weight is 266 g/mol. The van der Waals surface area contributed by atoms with Gasteiger partial charge in [0.25, 0.3) is 0 Å². The third kappa shape index (κ3) is 1.99. The lowest BCUT2D eigenvalue weighted by Gasteiger charge is -2.34. The van der Waals surface area contributed by atoms with E-state index in [1.54, 1.807) is 4.90 Å². The third-order valence-electron chi connectivity index (χ3n) is 5.29. The van der Waals surface area contributed by atoms with Crippen LogP contribution in [0, 0.1) is 17.3 Å². The molecule has 0 aromatic carbocycles.